The zero-order valence-corrected chi connectivity index (χ0v) is 19.2. The van der Waals surface area contributed by atoms with Crippen LogP contribution in [0.25, 0.3) is 0 Å². The molecule has 1 saturated carbocycles. The molecule has 0 spiro atoms. The van der Waals surface area contributed by atoms with Crippen LogP contribution in [0.1, 0.15) is 28.7 Å². The predicted molar refractivity (Wildman–Crippen MR) is 123 cm³/mol. The fourth-order valence-electron chi connectivity index (χ4n) is 4.14. The summed E-state index contributed by atoms with van der Waals surface area (Å²) in [7, 11) is 1.63. The highest BCUT2D eigenvalue weighted by Crippen LogP contribution is 2.48. The molecule has 3 heterocycles. The van der Waals surface area contributed by atoms with Gasteiger partial charge in [-0.05, 0) is 26.3 Å². The third-order valence-electron chi connectivity index (χ3n) is 5.88. The van der Waals surface area contributed by atoms with E-state index in [9.17, 15) is 15.3 Å². The molecule has 2 aromatic heterocycles. The number of methoxy groups -OCH3 is 1. The topological polar surface area (TPSA) is 145 Å². The summed E-state index contributed by atoms with van der Waals surface area (Å²) in [5, 5.41) is 40.1. The number of thioether (sulfide) groups is 1. The van der Waals surface area contributed by atoms with Crippen molar-refractivity contribution in [2.45, 2.75) is 48.8 Å². The lowest BCUT2D eigenvalue weighted by molar-refractivity contribution is 0.00445. The molecule has 2 aromatic rings. The van der Waals surface area contributed by atoms with Gasteiger partial charge in [0.15, 0.2) is 0 Å². The minimum absolute atomic E-state index is 0.138. The van der Waals surface area contributed by atoms with E-state index in [2.05, 4.69) is 25.9 Å². The van der Waals surface area contributed by atoms with E-state index >= 15 is 0 Å². The van der Waals surface area contributed by atoms with Crippen molar-refractivity contribution in [1.82, 2.24) is 15.0 Å². The molecule has 4 rings (SSSR count). The minimum Gasteiger partial charge on any atom is -0.396 e. The van der Waals surface area contributed by atoms with Gasteiger partial charge in [-0.15, -0.1) is 0 Å². The third-order valence-corrected chi connectivity index (χ3v) is 7.06. The van der Waals surface area contributed by atoms with Crippen LogP contribution in [0.3, 0.4) is 0 Å². The van der Waals surface area contributed by atoms with E-state index < -0.39 is 18.2 Å². The number of aliphatic hydroxyl groups is 3. The Labute approximate surface area is 191 Å². The summed E-state index contributed by atoms with van der Waals surface area (Å²) in [6.07, 6.45) is 0.265. The number of rotatable bonds is 8. The average molecular weight is 463 g/mol. The van der Waals surface area contributed by atoms with Gasteiger partial charge in [0.2, 0.25) is 5.95 Å². The first kappa shape index (κ1) is 23.0. The van der Waals surface area contributed by atoms with Gasteiger partial charge < -0.3 is 36.0 Å². The number of aliphatic hydroxyl groups excluding tert-OH is 3. The molecule has 1 unspecified atom stereocenters. The number of nitrogens with one attached hydrogen (secondary N) is 3. The monoisotopic (exact) mass is 462 g/mol. The number of ether oxygens (including phenoxy) is 1. The number of fused-ring (bicyclic) bond motifs is 1. The molecule has 0 bridgehead atoms. The Balaban J connectivity index is 1.64. The predicted octanol–water partition coefficient (Wildman–Crippen LogP) is 1.28. The van der Waals surface area contributed by atoms with Crippen molar-refractivity contribution in [2.75, 3.05) is 42.8 Å². The van der Waals surface area contributed by atoms with Crippen LogP contribution < -0.4 is 16.0 Å². The minimum atomic E-state index is -1.01. The summed E-state index contributed by atoms with van der Waals surface area (Å²) < 4.78 is 5.09. The van der Waals surface area contributed by atoms with Gasteiger partial charge in [-0.1, -0.05) is 11.8 Å². The first-order valence-electron chi connectivity index (χ1n) is 10.7. The second-order valence-corrected chi connectivity index (χ2v) is 9.34. The van der Waals surface area contributed by atoms with Crippen LogP contribution in [-0.2, 0) is 4.74 Å². The van der Waals surface area contributed by atoms with Crippen molar-refractivity contribution < 1.29 is 20.1 Å². The van der Waals surface area contributed by atoms with E-state index in [1.54, 1.807) is 18.9 Å². The van der Waals surface area contributed by atoms with E-state index in [1.807, 2.05) is 26.1 Å². The zero-order valence-electron chi connectivity index (χ0n) is 18.4. The highest BCUT2D eigenvalue weighted by Gasteiger charge is 2.42. The molecule has 0 saturated heterocycles. The van der Waals surface area contributed by atoms with Crippen LogP contribution in [0.4, 0.5) is 17.5 Å². The highest BCUT2D eigenvalue weighted by molar-refractivity contribution is 8.00. The highest BCUT2D eigenvalue weighted by atomic mass is 32.2. The van der Waals surface area contributed by atoms with Crippen LogP contribution in [0.5, 0.6) is 0 Å². The van der Waals surface area contributed by atoms with Crippen LogP contribution >= 0.6 is 11.8 Å². The first-order chi connectivity index (χ1) is 15.4. The van der Waals surface area contributed by atoms with Crippen molar-refractivity contribution in [3.63, 3.8) is 0 Å². The number of hydrogen-bond acceptors (Lipinski definition) is 11. The van der Waals surface area contributed by atoms with Gasteiger partial charge in [0.05, 0.1) is 36.3 Å². The molecule has 1 aliphatic carbocycles. The molecular weight excluding hydrogens is 432 g/mol. The second-order valence-electron chi connectivity index (χ2n) is 8.19. The Bertz CT molecular complexity index is 964. The van der Waals surface area contributed by atoms with Gasteiger partial charge in [-0.25, -0.2) is 4.98 Å². The van der Waals surface area contributed by atoms with Gasteiger partial charge >= 0.3 is 0 Å². The number of hydrogen-bond donors (Lipinski definition) is 6. The standard InChI is InChI=1S/C21H30N6O4S/c1-10-6-15-14(8-23-10)26-20(32-15)16-11(2)24-21(22-4-5-31-3)27-19(16)25-13-7-12(9-28)17(29)18(13)30/h6,8,12-13,17-18,20,26,28-30H,4-5,7,9H2,1-3H3,(H2,22,24,25,27)/t12-,13-,17-,18+,20?/m1/s1. The molecule has 1 fully saturated rings. The average Bonchev–Trinajstić information content (AvgIpc) is 3.29. The molecule has 174 valence electrons. The summed E-state index contributed by atoms with van der Waals surface area (Å²) in [6.45, 7) is 4.77. The second kappa shape index (κ2) is 9.75. The Morgan fingerprint density at radius 1 is 1.25 bits per heavy atom. The molecule has 5 atom stereocenters. The van der Waals surface area contributed by atoms with Gasteiger partial charge in [0.1, 0.15) is 17.3 Å². The summed E-state index contributed by atoms with van der Waals surface area (Å²) in [5.41, 5.74) is 3.56. The first-order valence-corrected chi connectivity index (χ1v) is 11.5. The van der Waals surface area contributed by atoms with Crippen LogP contribution in [0.2, 0.25) is 0 Å². The molecule has 0 amide bonds. The van der Waals surface area contributed by atoms with Crippen molar-refractivity contribution >= 4 is 29.2 Å². The smallest absolute Gasteiger partial charge is 0.224 e. The zero-order chi connectivity index (χ0) is 22.8. The maximum atomic E-state index is 10.5. The number of nitrogens with zero attached hydrogens (tertiary/aromatic N) is 3. The summed E-state index contributed by atoms with van der Waals surface area (Å²) in [6, 6.07) is 1.60. The fraction of sp³-hybridized carbons (Fsp3) is 0.571. The number of aromatic nitrogens is 3. The van der Waals surface area contributed by atoms with Gasteiger partial charge in [-0.3, -0.25) is 4.98 Å². The van der Waals surface area contributed by atoms with Crippen LogP contribution in [-0.4, -0.2) is 75.4 Å². The summed E-state index contributed by atoms with van der Waals surface area (Å²) in [4.78, 5) is 14.8. The van der Waals surface area contributed by atoms with E-state index in [1.165, 1.54) is 0 Å². The maximum Gasteiger partial charge on any atom is 0.224 e. The van der Waals surface area contributed by atoms with Gasteiger partial charge in [-0.2, -0.15) is 4.98 Å². The largest absolute Gasteiger partial charge is 0.396 e. The molecule has 6 N–H and O–H groups in total. The Kier molecular flexibility index (Phi) is 7.01. The Morgan fingerprint density at radius 3 is 2.78 bits per heavy atom. The summed E-state index contributed by atoms with van der Waals surface area (Å²) >= 11 is 1.66. The maximum absolute atomic E-state index is 10.5. The Morgan fingerprint density at radius 2 is 2.06 bits per heavy atom. The van der Waals surface area contributed by atoms with E-state index in [4.69, 9.17) is 9.72 Å². The quantitative estimate of drug-likeness (QED) is 0.316. The lowest BCUT2D eigenvalue weighted by atomic mass is 10.1. The fourth-order valence-corrected chi connectivity index (χ4v) is 5.46. The number of aryl methyl sites for hydroxylation is 2. The van der Waals surface area contributed by atoms with Crippen molar-refractivity contribution in [3.8, 4) is 0 Å². The molecule has 11 heteroatoms. The molecule has 2 aliphatic rings. The van der Waals surface area contributed by atoms with E-state index in [0.717, 1.165) is 27.5 Å². The molecule has 1 aliphatic heterocycles. The molecular formula is C21H30N6O4S. The normalized spacial score (nSPS) is 26.6. The SMILES string of the molecule is COCCNc1nc(C)c(C2Nc3cnc(C)cc3S2)c(N[C@@H]2C[C@H](CO)[C@@H](O)[C@H]2O)n1. The molecule has 0 aromatic carbocycles. The summed E-state index contributed by atoms with van der Waals surface area (Å²) in [5.74, 6) is 0.649. The van der Waals surface area contributed by atoms with Crippen molar-refractivity contribution in [1.29, 1.82) is 0 Å². The van der Waals surface area contributed by atoms with E-state index in [0.29, 0.717) is 31.3 Å². The van der Waals surface area contributed by atoms with Crippen LogP contribution in [0, 0.1) is 19.8 Å². The lowest BCUT2D eigenvalue weighted by Gasteiger charge is -2.24. The molecule has 0 radical (unpaired) electrons. The Hall–Kier alpha value is -2.18. The van der Waals surface area contributed by atoms with E-state index in [-0.39, 0.29) is 17.9 Å². The number of pyridine rings is 1. The molecule has 32 heavy (non-hydrogen) atoms. The van der Waals surface area contributed by atoms with Gasteiger partial charge in [0, 0.05) is 42.3 Å². The number of anilines is 3. The van der Waals surface area contributed by atoms with Crippen molar-refractivity contribution in [3.05, 3.63) is 29.2 Å². The molecule has 10 nitrogen and oxygen atoms in total. The van der Waals surface area contributed by atoms with Crippen LogP contribution in [0.15, 0.2) is 17.2 Å². The lowest BCUT2D eigenvalue weighted by Crippen LogP contribution is -2.36. The van der Waals surface area contributed by atoms with Crippen molar-refractivity contribution in [2.24, 2.45) is 5.92 Å². The third kappa shape index (κ3) is 4.62. The van der Waals surface area contributed by atoms with Gasteiger partial charge in [0.25, 0.3) is 0 Å².